The van der Waals surface area contributed by atoms with Crippen LogP contribution in [0, 0.1) is 6.92 Å². The molecule has 6 heteroatoms. The molecule has 3 aromatic rings. The molecule has 1 aliphatic rings. The summed E-state index contributed by atoms with van der Waals surface area (Å²) in [5.74, 6) is -0.401. The van der Waals surface area contributed by atoms with Gasteiger partial charge in [0.15, 0.2) is 5.69 Å². The van der Waals surface area contributed by atoms with Gasteiger partial charge in [0, 0.05) is 18.7 Å². The molecule has 0 unspecified atom stereocenters. The Morgan fingerprint density at radius 2 is 1.73 bits per heavy atom. The lowest BCUT2D eigenvalue weighted by Gasteiger charge is -2.14. The molecule has 1 heterocycles. The number of nitrogens with one attached hydrogen (secondary N) is 1. The van der Waals surface area contributed by atoms with Crippen LogP contribution in [0.25, 0.3) is 17.2 Å². The number of carbonyl (C=O) groups is 2. The van der Waals surface area contributed by atoms with E-state index in [1.807, 2.05) is 49.4 Å². The first kappa shape index (κ1) is 22.3. The van der Waals surface area contributed by atoms with E-state index in [9.17, 15) is 9.59 Å². The fraction of sp³-hybridized carbons (Fsp3) is 0.222. The maximum Gasteiger partial charge on any atom is 0.407 e. The van der Waals surface area contributed by atoms with E-state index in [2.05, 4.69) is 34.6 Å². The van der Waals surface area contributed by atoms with Crippen LogP contribution in [-0.2, 0) is 9.47 Å². The van der Waals surface area contributed by atoms with Gasteiger partial charge in [0.05, 0.1) is 7.11 Å². The maximum atomic E-state index is 12.2. The SMILES string of the molecule is COC(=O)c1ncc(C=CCCNC(=O)OCC2c3ccccc3-c3ccccc32)cc1C. The summed E-state index contributed by atoms with van der Waals surface area (Å²) in [6.45, 7) is 2.57. The smallest absolute Gasteiger partial charge is 0.407 e. The molecule has 1 aliphatic carbocycles. The molecule has 168 valence electrons. The average Bonchev–Trinajstić information content (AvgIpc) is 3.16. The Morgan fingerprint density at radius 3 is 2.36 bits per heavy atom. The number of ether oxygens (including phenoxy) is 2. The van der Waals surface area contributed by atoms with Gasteiger partial charge >= 0.3 is 12.1 Å². The molecule has 6 nitrogen and oxygen atoms in total. The Labute approximate surface area is 193 Å². The normalized spacial score (nSPS) is 12.3. The molecule has 1 N–H and O–H groups in total. The second kappa shape index (κ2) is 10.1. The van der Waals surface area contributed by atoms with Crippen molar-refractivity contribution < 1.29 is 19.1 Å². The number of aryl methyl sites for hydroxylation is 1. The van der Waals surface area contributed by atoms with Crippen molar-refractivity contribution in [1.82, 2.24) is 10.3 Å². The number of pyridine rings is 1. The van der Waals surface area contributed by atoms with Gasteiger partial charge in [-0.25, -0.2) is 14.6 Å². The van der Waals surface area contributed by atoms with Crippen molar-refractivity contribution >= 4 is 18.1 Å². The predicted molar refractivity (Wildman–Crippen MR) is 127 cm³/mol. The summed E-state index contributed by atoms with van der Waals surface area (Å²) < 4.78 is 10.2. The molecule has 0 bridgehead atoms. The van der Waals surface area contributed by atoms with Gasteiger partial charge in [0.1, 0.15) is 6.61 Å². The lowest BCUT2D eigenvalue weighted by molar-refractivity contribution is 0.0593. The molecule has 0 saturated heterocycles. The fourth-order valence-electron chi connectivity index (χ4n) is 4.12. The van der Waals surface area contributed by atoms with Crippen LogP contribution in [-0.4, -0.2) is 37.3 Å². The Kier molecular flexibility index (Phi) is 6.83. The van der Waals surface area contributed by atoms with Crippen LogP contribution in [0.4, 0.5) is 4.79 Å². The number of alkyl carbamates (subject to hydrolysis) is 1. The minimum Gasteiger partial charge on any atom is -0.464 e. The summed E-state index contributed by atoms with van der Waals surface area (Å²) in [6.07, 6.45) is 5.68. The molecule has 0 radical (unpaired) electrons. The van der Waals surface area contributed by atoms with Gasteiger partial charge in [0.25, 0.3) is 0 Å². The highest BCUT2D eigenvalue weighted by molar-refractivity contribution is 5.88. The van der Waals surface area contributed by atoms with Crippen molar-refractivity contribution in [2.24, 2.45) is 0 Å². The zero-order chi connectivity index (χ0) is 23.2. The van der Waals surface area contributed by atoms with Gasteiger partial charge in [-0.1, -0.05) is 60.7 Å². The third-order valence-corrected chi connectivity index (χ3v) is 5.71. The van der Waals surface area contributed by atoms with Crippen LogP contribution in [0.3, 0.4) is 0 Å². The minimum atomic E-state index is -0.449. The van der Waals surface area contributed by atoms with Crippen LogP contribution in [0.5, 0.6) is 0 Å². The number of aromatic nitrogens is 1. The first-order valence-corrected chi connectivity index (χ1v) is 10.9. The zero-order valence-corrected chi connectivity index (χ0v) is 18.7. The number of rotatable bonds is 7. The first-order valence-electron chi connectivity index (χ1n) is 10.9. The van der Waals surface area contributed by atoms with Gasteiger partial charge in [-0.05, 0) is 52.8 Å². The maximum absolute atomic E-state index is 12.2. The molecule has 0 aliphatic heterocycles. The number of hydrogen-bond donors (Lipinski definition) is 1. The van der Waals surface area contributed by atoms with Crippen LogP contribution in [0.15, 0.2) is 66.9 Å². The van der Waals surface area contributed by atoms with E-state index in [1.165, 1.54) is 29.4 Å². The summed E-state index contributed by atoms with van der Waals surface area (Å²) >= 11 is 0. The number of fused-ring (bicyclic) bond motifs is 3. The predicted octanol–water partition coefficient (Wildman–Crippen LogP) is 5.12. The Balaban J connectivity index is 1.25. The molecule has 1 aromatic heterocycles. The Hall–Kier alpha value is -3.93. The van der Waals surface area contributed by atoms with Crippen molar-refractivity contribution in [1.29, 1.82) is 0 Å². The molecule has 2 aromatic carbocycles. The average molecular weight is 443 g/mol. The highest BCUT2D eigenvalue weighted by Crippen LogP contribution is 2.44. The third-order valence-electron chi connectivity index (χ3n) is 5.71. The molecular weight excluding hydrogens is 416 g/mol. The van der Waals surface area contributed by atoms with E-state index in [-0.39, 0.29) is 5.92 Å². The number of nitrogens with zero attached hydrogens (tertiary/aromatic N) is 1. The number of benzene rings is 2. The quantitative estimate of drug-likeness (QED) is 0.406. The zero-order valence-electron chi connectivity index (χ0n) is 18.7. The minimum absolute atomic E-state index is 0.0479. The molecule has 0 atom stereocenters. The first-order chi connectivity index (χ1) is 16.1. The summed E-state index contributed by atoms with van der Waals surface area (Å²) in [6, 6.07) is 18.4. The number of methoxy groups -OCH3 is 1. The van der Waals surface area contributed by atoms with Crippen LogP contribution >= 0.6 is 0 Å². The van der Waals surface area contributed by atoms with Crippen LogP contribution in [0.1, 0.15) is 45.1 Å². The second-order valence-corrected chi connectivity index (χ2v) is 7.87. The molecular formula is C27H26N2O4. The molecule has 0 spiro atoms. The van der Waals surface area contributed by atoms with Crippen molar-refractivity contribution in [3.63, 3.8) is 0 Å². The highest BCUT2D eigenvalue weighted by atomic mass is 16.5. The van der Waals surface area contributed by atoms with Crippen molar-refractivity contribution in [2.75, 3.05) is 20.3 Å². The summed E-state index contributed by atoms with van der Waals surface area (Å²) in [4.78, 5) is 28.0. The number of esters is 1. The molecule has 1 amide bonds. The highest BCUT2D eigenvalue weighted by Gasteiger charge is 2.28. The molecule has 0 fully saturated rings. The van der Waals surface area contributed by atoms with Crippen molar-refractivity contribution in [2.45, 2.75) is 19.3 Å². The fourth-order valence-corrected chi connectivity index (χ4v) is 4.12. The van der Waals surface area contributed by atoms with Gasteiger partial charge < -0.3 is 14.8 Å². The summed E-state index contributed by atoms with van der Waals surface area (Å²) in [5, 5.41) is 2.79. The van der Waals surface area contributed by atoms with Crippen LogP contribution in [0.2, 0.25) is 0 Å². The summed E-state index contributed by atoms with van der Waals surface area (Å²) in [7, 11) is 1.33. The van der Waals surface area contributed by atoms with E-state index in [0.717, 1.165) is 11.1 Å². The Morgan fingerprint density at radius 1 is 1.06 bits per heavy atom. The van der Waals surface area contributed by atoms with E-state index >= 15 is 0 Å². The van der Waals surface area contributed by atoms with E-state index in [0.29, 0.717) is 25.3 Å². The lowest BCUT2D eigenvalue weighted by Crippen LogP contribution is -2.26. The standard InChI is InChI=1S/C27H26N2O4/c1-18-15-19(16-29-25(18)26(30)32-2)9-7-8-14-28-27(31)33-17-24-22-12-5-3-10-20(22)21-11-4-6-13-23(21)24/h3-7,9-13,15-16,24H,8,14,17H2,1-2H3,(H,28,31). The van der Waals surface area contributed by atoms with E-state index < -0.39 is 12.1 Å². The van der Waals surface area contributed by atoms with Gasteiger partial charge in [0.2, 0.25) is 0 Å². The topological polar surface area (TPSA) is 77.5 Å². The van der Waals surface area contributed by atoms with Crippen molar-refractivity contribution in [3.8, 4) is 11.1 Å². The van der Waals surface area contributed by atoms with Crippen LogP contribution < -0.4 is 5.32 Å². The van der Waals surface area contributed by atoms with Gasteiger partial charge in [-0.3, -0.25) is 0 Å². The van der Waals surface area contributed by atoms with E-state index in [4.69, 9.17) is 9.47 Å². The van der Waals surface area contributed by atoms with Gasteiger partial charge in [-0.2, -0.15) is 0 Å². The van der Waals surface area contributed by atoms with Crippen molar-refractivity contribution in [3.05, 3.63) is 94.8 Å². The lowest BCUT2D eigenvalue weighted by atomic mass is 9.98. The Bertz CT molecular complexity index is 1160. The van der Waals surface area contributed by atoms with E-state index in [1.54, 1.807) is 6.20 Å². The number of carbonyl (C=O) groups excluding carboxylic acids is 2. The van der Waals surface area contributed by atoms with Gasteiger partial charge in [-0.15, -0.1) is 0 Å². The molecule has 0 saturated carbocycles. The second-order valence-electron chi connectivity index (χ2n) is 7.87. The number of amides is 1. The number of hydrogen-bond acceptors (Lipinski definition) is 5. The summed E-state index contributed by atoms with van der Waals surface area (Å²) in [5.41, 5.74) is 6.73. The largest absolute Gasteiger partial charge is 0.464 e. The molecule has 33 heavy (non-hydrogen) atoms. The monoisotopic (exact) mass is 442 g/mol. The molecule has 4 rings (SSSR count). The third kappa shape index (κ3) is 4.95.